The van der Waals surface area contributed by atoms with Gasteiger partial charge in [0.1, 0.15) is 0 Å². The Morgan fingerprint density at radius 2 is 1.94 bits per heavy atom. The number of nitrogens with zero attached hydrogens (tertiary/aromatic N) is 1. The number of anilines is 1. The van der Waals surface area contributed by atoms with Crippen LogP contribution in [0.25, 0.3) is 0 Å². The average Bonchev–Trinajstić information content (AvgIpc) is 3.15. The average molecular weight is 307 g/mol. The summed E-state index contributed by atoms with van der Waals surface area (Å²) in [5.41, 5.74) is 1.05. The number of rotatable bonds is 3. The SMILES string of the molecule is Fc1cc(Br)cnc1NC1(c2ccccc2)CC1. The molecule has 1 aromatic carbocycles. The minimum absolute atomic E-state index is 0.136. The van der Waals surface area contributed by atoms with Gasteiger partial charge >= 0.3 is 0 Å². The molecule has 1 fully saturated rings. The van der Waals surface area contributed by atoms with Crippen LogP contribution in [0.15, 0.2) is 47.1 Å². The number of aromatic nitrogens is 1. The van der Waals surface area contributed by atoms with Crippen molar-refractivity contribution < 1.29 is 4.39 Å². The minimum atomic E-state index is -0.327. The van der Waals surface area contributed by atoms with E-state index in [1.165, 1.54) is 11.6 Å². The fourth-order valence-corrected chi connectivity index (χ4v) is 2.40. The monoisotopic (exact) mass is 306 g/mol. The second-order valence-corrected chi connectivity index (χ2v) is 5.47. The van der Waals surface area contributed by atoms with Crippen LogP contribution in [0.2, 0.25) is 0 Å². The van der Waals surface area contributed by atoms with E-state index in [-0.39, 0.29) is 11.4 Å². The Morgan fingerprint density at radius 3 is 2.56 bits per heavy atom. The molecular formula is C14H12BrFN2. The molecule has 92 valence electrons. The van der Waals surface area contributed by atoms with E-state index in [1.54, 1.807) is 6.20 Å². The summed E-state index contributed by atoms with van der Waals surface area (Å²) in [7, 11) is 0. The highest BCUT2D eigenvalue weighted by Crippen LogP contribution is 2.48. The number of pyridine rings is 1. The third-order valence-corrected chi connectivity index (χ3v) is 3.68. The predicted octanol–water partition coefficient (Wildman–Crippen LogP) is 4.08. The molecule has 1 saturated carbocycles. The molecule has 0 bridgehead atoms. The van der Waals surface area contributed by atoms with Gasteiger partial charge in [0.25, 0.3) is 0 Å². The van der Waals surface area contributed by atoms with Gasteiger partial charge in [0.15, 0.2) is 11.6 Å². The molecule has 0 unspecified atom stereocenters. The molecule has 1 aliphatic carbocycles. The van der Waals surface area contributed by atoms with E-state index in [9.17, 15) is 4.39 Å². The molecule has 2 aromatic rings. The molecule has 4 heteroatoms. The van der Waals surface area contributed by atoms with E-state index >= 15 is 0 Å². The van der Waals surface area contributed by atoms with Crippen molar-refractivity contribution in [2.75, 3.05) is 5.32 Å². The predicted molar refractivity (Wildman–Crippen MR) is 72.9 cm³/mol. The first kappa shape index (κ1) is 11.7. The zero-order valence-corrected chi connectivity index (χ0v) is 11.2. The van der Waals surface area contributed by atoms with E-state index in [4.69, 9.17) is 0 Å². The fourth-order valence-electron chi connectivity index (χ4n) is 2.10. The summed E-state index contributed by atoms with van der Waals surface area (Å²) in [6, 6.07) is 11.5. The van der Waals surface area contributed by atoms with Crippen molar-refractivity contribution in [3.8, 4) is 0 Å². The summed E-state index contributed by atoms with van der Waals surface area (Å²) in [6.07, 6.45) is 3.62. The normalized spacial score (nSPS) is 16.3. The van der Waals surface area contributed by atoms with Gasteiger partial charge in [-0.2, -0.15) is 0 Å². The van der Waals surface area contributed by atoms with Gasteiger partial charge in [0.2, 0.25) is 0 Å². The molecule has 0 atom stereocenters. The Labute approximate surface area is 113 Å². The Morgan fingerprint density at radius 1 is 1.22 bits per heavy atom. The van der Waals surface area contributed by atoms with E-state index in [1.807, 2.05) is 18.2 Å². The molecular weight excluding hydrogens is 295 g/mol. The number of hydrogen-bond acceptors (Lipinski definition) is 2. The van der Waals surface area contributed by atoms with Crippen LogP contribution in [0.3, 0.4) is 0 Å². The Hall–Kier alpha value is -1.42. The van der Waals surface area contributed by atoms with Crippen LogP contribution >= 0.6 is 15.9 Å². The van der Waals surface area contributed by atoms with Crippen LogP contribution in [0.5, 0.6) is 0 Å². The molecule has 1 N–H and O–H groups in total. The van der Waals surface area contributed by atoms with Crippen molar-refractivity contribution in [2.45, 2.75) is 18.4 Å². The Kier molecular flexibility index (Phi) is 2.82. The van der Waals surface area contributed by atoms with Crippen LogP contribution in [0.1, 0.15) is 18.4 Å². The van der Waals surface area contributed by atoms with Gasteiger partial charge in [-0.3, -0.25) is 0 Å². The lowest BCUT2D eigenvalue weighted by atomic mass is 10.1. The quantitative estimate of drug-likeness (QED) is 0.924. The molecule has 1 aromatic heterocycles. The summed E-state index contributed by atoms with van der Waals surface area (Å²) in [5, 5.41) is 3.23. The van der Waals surface area contributed by atoms with E-state index in [0.29, 0.717) is 10.3 Å². The first-order valence-corrected chi connectivity index (χ1v) is 6.64. The molecule has 0 spiro atoms. The second kappa shape index (κ2) is 4.35. The highest BCUT2D eigenvalue weighted by Gasteiger charge is 2.44. The van der Waals surface area contributed by atoms with Gasteiger partial charge in [-0.25, -0.2) is 9.37 Å². The van der Waals surface area contributed by atoms with Crippen molar-refractivity contribution in [3.63, 3.8) is 0 Å². The third-order valence-electron chi connectivity index (χ3n) is 3.24. The summed E-state index contributed by atoms with van der Waals surface area (Å²) in [6.45, 7) is 0. The van der Waals surface area contributed by atoms with E-state index < -0.39 is 0 Å². The first-order chi connectivity index (χ1) is 8.70. The van der Waals surface area contributed by atoms with Crippen molar-refractivity contribution in [1.29, 1.82) is 0 Å². The minimum Gasteiger partial charge on any atom is -0.358 e. The molecule has 18 heavy (non-hydrogen) atoms. The van der Waals surface area contributed by atoms with Gasteiger partial charge in [-0.05, 0) is 40.4 Å². The fraction of sp³-hybridized carbons (Fsp3) is 0.214. The molecule has 3 rings (SSSR count). The maximum atomic E-state index is 13.8. The highest BCUT2D eigenvalue weighted by atomic mass is 79.9. The van der Waals surface area contributed by atoms with E-state index in [0.717, 1.165) is 12.8 Å². The summed E-state index contributed by atoms with van der Waals surface area (Å²) in [4.78, 5) is 4.10. The first-order valence-electron chi connectivity index (χ1n) is 5.84. The lowest BCUT2D eigenvalue weighted by molar-refractivity contribution is 0.617. The van der Waals surface area contributed by atoms with Crippen LogP contribution in [-0.4, -0.2) is 4.98 Å². The second-order valence-electron chi connectivity index (χ2n) is 4.56. The molecule has 2 nitrogen and oxygen atoms in total. The summed E-state index contributed by atoms with van der Waals surface area (Å²) >= 11 is 3.21. The van der Waals surface area contributed by atoms with Crippen molar-refractivity contribution in [1.82, 2.24) is 4.98 Å². The lowest BCUT2D eigenvalue weighted by Gasteiger charge is -2.19. The van der Waals surface area contributed by atoms with E-state index in [2.05, 4.69) is 38.4 Å². The van der Waals surface area contributed by atoms with Crippen molar-refractivity contribution >= 4 is 21.7 Å². The standard InChI is InChI=1S/C14H12BrFN2/c15-11-8-12(16)13(17-9-11)18-14(6-7-14)10-4-2-1-3-5-10/h1-5,8-9H,6-7H2,(H,17,18). The number of hydrogen-bond donors (Lipinski definition) is 1. The highest BCUT2D eigenvalue weighted by molar-refractivity contribution is 9.10. The largest absolute Gasteiger partial charge is 0.358 e. The number of halogens is 2. The van der Waals surface area contributed by atoms with Crippen molar-refractivity contribution in [2.24, 2.45) is 0 Å². The van der Waals surface area contributed by atoms with Gasteiger partial charge < -0.3 is 5.32 Å². The smallest absolute Gasteiger partial charge is 0.166 e. The Bertz CT molecular complexity index is 567. The van der Waals surface area contributed by atoms with Crippen LogP contribution < -0.4 is 5.32 Å². The number of benzene rings is 1. The van der Waals surface area contributed by atoms with Crippen LogP contribution in [0, 0.1) is 5.82 Å². The number of nitrogens with one attached hydrogen (secondary N) is 1. The molecule has 0 radical (unpaired) electrons. The topological polar surface area (TPSA) is 24.9 Å². The molecule has 1 heterocycles. The molecule has 0 saturated heterocycles. The lowest BCUT2D eigenvalue weighted by Crippen LogP contribution is -2.20. The van der Waals surface area contributed by atoms with Gasteiger partial charge in [-0.1, -0.05) is 30.3 Å². The van der Waals surface area contributed by atoms with Gasteiger partial charge in [0, 0.05) is 10.7 Å². The maximum Gasteiger partial charge on any atom is 0.166 e. The molecule has 1 aliphatic rings. The van der Waals surface area contributed by atoms with Crippen LogP contribution in [-0.2, 0) is 5.54 Å². The van der Waals surface area contributed by atoms with Gasteiger partial charge in [-0.15, -0.1) is 0 Å². The van der Waals surface area contributed by atoms with Crippen LogP contribution in [0.4, 0.5) is 10.2 Å². The zero-order valence-electron chi connectivity index (χ0n) is 9.66. The third kappa shape index (κ3) is 2.12. The maximum absolute atomic E-state index is 13.8. The van der Waals surface area contributed by atoms with Gasteiger partial charge in [0.05, 0.1) is 5.54 Å². The Balaban J connectivity index is 1.89. The summed E-state index contributed by atoms with van der Waals surface area (Å²) < 4.78 is 14.4. The van der Waals surface area contributed by atoms with Crippen molar-refractivity contribution in [3.05, 3.63) is 58.4 Å². The molecule has 0 aliphatic heterocycles. The zero-order chi connectivity index (χ0) is 12.6. The molecule has 0 amide bonds. The summed E-state index contributed by atoms with van der Waals surface area (Å²) in [5.74, 6) is -0.00821.